The van der Waals surface area contributed by atoms with Crippen LogP contribution in [0.2, 0.25) is 0 Å². The predicted octanol–water partition coefficient (Wildman–Crippen LogP) is 1.11. The van der Waals surface area contributed by atoms with Crippen molar-refractivity contribution in [1.29, 1.82) is 0 Å². The summed E-state index contributed by atoms with van der Waals surface area (Å²) < 4.78 is 2.26. The molecule has 0 unspecified atom stereocenters. The predicted molar refractivity (Wildman–Crippen MR) is 44.9 cm³/mol. The van der Waals surface area contributed by atoms with E-state index in [9.17, 15) is 5.11 Å². The maximum atomic E-state index is 9.25. The quantitative estimate of drug-likeness (QED) is 0.614. The molecular formula is C7H15NOS. The Morgan fingerprint density at radius 3 is 3.10 bits per heavy atom. The van der Waals surface area contributed by atoms with Crippen LogP contribution >= 0.6 is 11.9 Å². The van der Waals surface area contributed by atoms with Crippen LogP contribution in [0.15, 0.2) is 0 Å². The fraction of sp³-hybridized carbons (Fsp3) is 1.00. The van der Waals surface area contributed by atoms with Crippen LogP contribution < -0.4 is 0 Å². The Bertz CT molecular complexity index is 97.6. The van der Waals surface area contributed by atoms with Gasteiger partial charge in [0.1, 0.15) is 0 Å². The molecule has 1 rings (SSSR count). The fourth-order valence-corrected chi connectivity index (χ4v) is 2.12. The molecule has 0 saturated carbocycles. The van der Waals surface area contributed by atoms with Crippen LogP contribution in [0.5, 0.6) is 0 Å². The number of rotatable bonds is 2. The third kappa shape index (κ3) is 2.48. The lowest BCUT2D eigenvalue weighted by Gasteiger charge is -2.28. The SMILES string of the molecule is CCSN1CCC[C@@H](O)C1. The summed E-state index contributed by atoms with van der Waals surface area (Å²) >= 11 is 1.83. The molecule has 0 spiro atoms. The molecular weight excluding hydrogens is 146 g/mol. The van der Waals surface area contributed by atoms with Gasteiger partial charge in [0.25, 0.3) is 0 Å². The van der Waals surface area contributed by atoms with Gasteiger partial charge in [0.05, 0.1) is 6.10 Å². The van der Waals surface area contributed by atoms with E-state index in [4.69, 9.17) is 0 Å². The molecule has 0 aromatic rings. The van der Waals surface area contributed by atoms with E-state index < -0.39 is 0 Å². The van der Waals surface area contributed by atoms with Crippen molar-refractivity contribution in [3.8, 4) is 0 Å². The van der Waals surface area contributed by atoms with Crippen molar-refractivity contribution in [2.45, 2.75) is 25.9 Å². The molecule has 0 radical (unpaired) electrons. The van der Waals surface area contributed by atoms with E-state index in [2.05, 4.69) is 11.2 Å². The number of aliphatic hydroxyl groups excluding tert-OH is 1. The second kappa shape index (κ2) is 4.21. The monoisotopic (exact) mass is 161 g/mol. The van der Waals surface area contributed by atoms with Crippen molar-refractivity contribution >= 4 is 11.9 Å². The van der Waals surface area contributed by atoms with Crippen molar-refractivity contribution < 1.29 is 5.11 Å². The molecule has 0 aromatic heterocycles. The highest BCUT2D eigenvalue weighted by atomic mass is 32.2. The summed E-state index contributed by atoms with van der Waals surface area (Å²) in [6.07, 6.45) is 2.06. The van der Waals surface area contributed by atoms with Crippen LogP contribution in [0.1, 0.15) is 19.8 Å². The lowest BCUT2D eigenvalue weighted by Crippen LogP contribution is -2.33. The molecule has 1 aliphatic heterocycles. The van der Waals surface area contributed by atoms with Gasteiger partial charge in [-0.15, -0.1) is 0 Å². The molecule has 60 valence electrons. The molecule has 0 amide bonds. The van der Waals surface area contributed by atoms with E-state index >= 15 is 0 Å². The topological polar surface area (TPSA) is 23.5 Å². The van der Waals surface area contributed by atoms with Gasteiger partial charge in [-0.1, -0.05) is 18.9 Å². The van der Waals surface area contributed by atoms with Crippen molar-refractivity contribution in [2.75, 3.05) is 18.8 Å². The van der Waals surface area contributed by atoms with Crippen LogP contribution in [-0.2, 0) is 0 Å². The molecule has 0 aromatic carbocycles. The Morgan fingerprint density at radius 2 is 2.50 bits per heavy atom. The maximum absolute atomic E-state index is 9.25. The minimum Gasteiger partial charge on any atom is -0.392 e. The molecule has 1 aliphatic rings. The summed E-state index contributed by atoms with van der Waals surface area (Å²) in [5.74, 6) is 1.12. The third-order valence-electron chi connectivity index (χ3n) is 1.67. The van der Waals surface area contributed by atoms with Gasteiger partial charge < -0.3 is 5.11 Å². The van der Waals surface area contributed by atoms with E-state index in [1.807, 2.05) is 11.9 Å². The average Bonchev–Trinajstić information content (AvgIpc) is 1.88. The normalized spacial score (nSPS) is 28.8. The maximum Gasteiger partial charge on any atom is 0.0677 e. The van der Waals surface area contributed by atoms with Gasteiger partial charge in [-0.05, 0) is 12.8 Å². The molecule has 2 nitrogen and oxygen atoms in total. The van der Waals surface area contributed by atoms with Crippen molar-refractivity contribution in [1.82, 2.24) is 4.31 Å². The second-order valence-corrected chi connectivity index (χ2v) is 3.95. The van der Waals surface area contributed by atoms with Crippen LogP contribution in [0.4, 0.5) is 0 Å². The lowest BCUT2D eigenvalue weighted by molar-refractivity contribution is 0.112. The molecule has 0 aliphatic carbocycles. The van der Waals surface area contributed by atoms with Gasteiger partial charge >= 0.3 is 0 Å². The standard InChI is InChI=1S/C7H15NOS/c1-2-10-8-5-3-4-7(9)6-8/h7,9H,2-6H2,1H3/t7-/m1/s1. The summed E-state index contributed by atoms with van der Waals surface area (Å²) in [6, 6.07) is 0. The van der Waals surface area contributed by atoms with Crippen LogP contribution in [0.25, 0.3) is 0 Å². The number of β-amino-alcohol motifs (C(OH)–C–C–N with tert-alkyl or cyclic N) is 1. The zero-order valence-corrected chi connectivity index (χ0v) is 7.23. The smallest absolute Gasteiger partial charge is 0.0677 e. The summed E-state index contributed by atoms with van der Waals surface area (Å²) in [7, 11) is 0. The minimum absolute atomic E-state index is 0.0761. The molecule has 1 heterocycles. The highest BCUT2D eigenvalue weighted by Crippen LogP contribution is 2.17. The Morgan fingerprint density at radius 1 is 1.70 bits per heavy atom. The first-order valence-electron chi connectivity index (χ1n) is 3.89. The zero-order valence-electron chi connectivity index (χ0n) is 6.42. The Kier molecular flexibility index (Phi) is 3.52. The second-order valence-electron chi connectivity index (χ2n) is 2.60. The van der Waals surface area contributed by atoms with Crippen molar-refractivity contribution in [3.05, 3.63) is 0 Å². The summed E-state index contributed by atoms with van der Waals surface area (Å²) in [5.41, 5.74) is 0. The third-order valence-corrected chi connectivity index (χ3v) is 2.63. The van der Waals surface area contributed by atoms with Crippen LogP contribution in [0, 0.1) is 0 Å². The van der Waals surface area contributed by atoms with Gasteiger partial charge in [-0.25, -0.2) is 4.31 Å². The fourth-order valence-electron chi connectivity index (χ4n) is 1.22. The summed E-state index contributed by atoms with van der Waals surface area (Å²) in [5, 5.41) is 9.25. The van der Waals surface area contributed by atoms with Gasteiger partial charge in [0.2, 0.25) is 0 Å². The largest absolute Gasteiger partial charge is 0.392 e. The summed E-state index contributed by atoms with van der Waals surface area (Å²) in [6.45, 7) is 4.15. The lowest BCUT2D eigenvalue weighted by atomic mass is 10.1. The average molecular weight is 161 g/mol. The first-order chi connectivity index (χ1) is 4.83. The molecule has 1 N–H and O–H groups in total. The zero-order chi connectivity index (χ0) is 7.40. The Labute approximate surface area is 66.7 Å². The molecule has 3 heteroatoms. The number of nitrogens with zero attached hydrogens (tertiary/aromatic N) is 1. The van der Waals surface area contributed by atoms with E-state index in [0.717, 1.165) is 31.7 Å². The van der Waals surface area contributed by atoms with Gasteiger partial charge in [-0.3, -0.25) is 0 Å². The Hall–Kier alpha value is 0.270. The van der Waals surface area contributed by atoms with Gasteiger partial charge in [0, 0.05) is 18.8 Å². The van der Waals surface area contributed by atoms with E-state index in [1.54, 1.807) is 0 Å². The first kappa shape index (κ1) is 8.37. The van der Waals surface area contributed by atoms with Gasteiger partial charge in [0.15, 0.2) is 0 Å². The van der Waals surface area contributed by atoms with Crippen molar-refractivity contribution in [3.63, 3.8) is 0 Å². The van der Waals surface area contributed by atoms with E-state index in [-0.39, 0.29) is 6.10 Å². The molecule has 1 saturated heterocycles. The highest BCUT2D eigenvalue weighted by Gasteiger charge is 2.16. The number of hydrogen-bond donors (Lipinski definition) is 1. The Balaban J connectivity index is 2.18. The minimum atomic E-state index is -0.0761. The van der Waals surface area contributed by atoms with Crippen molar-refractivity contribution in [2.24, 2.45) is 0 Å². The first-order valence-corrected chi connectivity index (χ1v) is 4.83. The van der Waals surface area contributed by atoms with Gasteiger partial charge in [-0.2, -0.15) is 0 Å². The van der Waals surface area contributed by atoms with Crippen LogP contribution in [0.3, 0.4) is 0 Å². The van der Waals surface area contributed by atoms with E-state index in [1.165, 1.54) is 0 Å². The molecule has 10 heavy (non-hydrogen) atoms. The van der Waals surface area contributed by atoms with E-state index in [0.29, 0.717) is 0 Å². The molecule has 1 fully saturated rings. The highest BCUT2D eigenvalue weighted by molar-refractivity contribution is 7.96. The summed E-state index contributed by atoms with van der Waals surface area (Å²) in [4.78, 5) is 0. The number of piperidine rings is 1. The molecule has 1 atom stereocenters. The van der Waals surface area contributed by atoms with Crippen LogP contribution in [-0.4, -0.2) is 34.4 Å². The number of aliphatic hydroxyl groups is 1. The number of hydrogen-bond acceptors (Lipinski definition) is 3. The molecule has 0 bridgehead atoms.